The molecule has 1 atom stereocenters. The van der Waals surface area contributed by atoms with Gasteiger partial charge in [-0.05, 0) is 68.0 Å². The molecule has 3 saturated heterocycles. The van der Waals surface area contributed by atoms with E-state index in [1.165, 1.54) is 0 Å². The van der Waals surface area contributed by atoms with Crippen molar-refractivity contribution in [2.75, 3.05) is 19.6 Å². The van der Waals surface area contributed by atoms with Crippen molar-refractivity contribution in [2.45, 2.75) is 43.9 Å². The number of carbonyl (C=O) groups excluding carboxylic acids is 1. The molecule has 6 rings (SSSR count). The van der Waals surface area contributed by atoms with Gasteiger partial charge in [-0.1, -0.05) is 42.5 Å². The first kappa shape index (κ1) is 18.5. The minimum absolute atomic E-state index is 0.0436. The largest absolute Gasteiger partial charge is 0.489 e. The quantitative estimate of drug-likeness (QED) is 0.805. The van der Waals surface area contributed by atoms with Crippen LogP contribution in [-0.2, 0) is 16.9 Å². The van der Waals surface area contributed by atoms with Crippen LogP contribution in [0.4, 0.5) is 4.79 Å². The Hall–Kier alpha value is -2.53. The van der Waals surface area contributed by atoms with E-state index in [-0.39, 0.29) is 17.7 Å². The lowest BCUT2D eigenvalue weighted by Gasteiger charge is -2.44. The average molecular weight is 392 g/mol. The van der Waals surface area contributed by atoms with Gasteiger partial charge in [-0.3, -0.25) is 4.90 Å². The van der Waals surface area contributed by atoms with Crippen LogP contribution in [0.15, 0.2) is 54.6 Å². The molecular weight excluding hydrogens is 364 g/mol. The van der Waals surface area contributed by atoms with Gasteiger partial charge in [0, 0.05) is 6.54 Å². The molecule has 152 valence electrons. The number of carbonyl (C=O) groups is 1. The number of nitrogens with one attached hydrogen (secondary N) is 1. The summed E-state index contributed by atoms with van der Waals surface area (Å²) < 4.78 is 11.7. The molecule has 0 aromatic heterocycles. The Morgan fingerprint density at radius 2 is 1.76 bits per heavy atom. The molecule has 4 fully saturated rings. The third-order valence-corrected chi connectivity index (χ3v) is 6.60. The second kappa shape index (κ2) is 7.71. The third kappa shape index (κ3) is 4.10. The van der Waals surface area contributed by atoms with Gasteiger partial charge in [-0.2, -0.15) is 0 Å². The van der Waals surface area contributed by atoms with Gasteiger partial charge < -0.3 is 14.8 Å². The van der Waals surface area contributed by atoms with Crippen LogP contribution >= 0.6 is 0 Å². The summed E-state index contributed by atoms with van der Waals surface area (Å²) in [6, 6.07) is 18.2. The normalized spacial score (nSPS) is 26.6. The lowest BCUT2D eigenvalue weighted by atomic mass is 9.86. The second-order valence-electron chi connectivity index (χ2n) is 8.59. The highest BCUT2D eigenvalue weighted by molar-refractivity contribution is 5.70. The van der Waals surface area contributed by atoms with E-state index in [1.54, 1.807) is 0 Å². The highest BCUT2D eigenvalue weighted by Gasteiger charge is 2.47. The molecular formula is C24H28N2O3. The first-order valence-corrected chi connectivity index (χ1v) is 10.7. The molecule has 1 N–H and O–H groups in total. The number of fused-ring (bicyclic) bond motifs is 3. The van der Waals surface area contributed by atoms with Gasteiger partial charge in [-0.25, -0.2) is 4.79 Å². The molecule has 0 spiro atoms. The molecule has 5 nitrogen and oxygen atoms in total. The fourth-order valence-corrected chi connectivity index (χ4v) is 4.63. The summed E-state index contributed by atoms with van der Waals surface area (Å²) in [5.74, 6) is 1.37. The van der Waals surface area contributed by atoms with Crippen molar-refractivity contribution in [1.82, 2.24) is 10.2 Å². The Bertz CT molecular complexity index is 840. The number of amides is 1. The van der Waals surface area contributed by atoms with Crippen LogP contribution in [-0.4, -0.2) is 36.7 Å². The minimum atomic E-state index is -0.275. The van der Waals surface area contributed by atoms with E-state index in [4.69, 9.17) is 9.47 Å². The number of nitrogens with zero attached hydrogens (tertiary/aromatic N) is 1. The van der Waals surface area contributed by atoms with Gasteiger partial charge in [0.05, 0.1) is 5.54 Å². The van der Waals surface area contributed by atoms with Crippen molar-refractivity contribution in [3.05, 3.63) is 65.7 Å². The number of piperidine rings is 3. The maximum atomic E-state index is 12.6. The van der Waals surface area contributed by atoms with Crippen LogP contribution in [0.25, 0.3) is 0 Å². The summed E-state index contributed by atoms with van der Waals surface area (Å²) in [4.78, 5) is 15.0. The average Bonchev–Trinajstić information content (AvgIpc) is 3.54. The molecule has 3 aliphatic heterocycles. The fraction of sp³-hybridized carbons (Fsp3) is 0.458. The zero-order chi connectivity index (χ0) is 19.7. The summed E-state index contributed by atoms with van der Waals surface area (Å²) in [7, 11) is 0. The van der Waals surface area contributed by atoms with E-state index in [0.717, 1.165) is 62.2 Å². The summed E-state index contributed by atoms with van der Waals surface area (Å²) in [6.07, 6.45) is 3.97. The molecule has 4 aliphatic rings. The van der Waals surface area contributed by atoms with E-state index in [2.05, 4.69) is 34.5 Å². The molecule has 3 heterocycles. The summed E-state index contributed by atoms with van der Waals surface area (Å²) in [5, 5.41) is 3.15. The first-order chi connectivity index (χ1) is 14.2. The molecule has 1 unspecified atom stereocenters. The Kier molecular flexibility index (Phi) is 4.92. The monoisotopic (exact) mass is 392 g/mol. The van der Waals surface area contributed by atoms with E-state index in [1.807, 2.05) is 30.3 Å². The Balaban J connectivity index is 1.16. The minimum Gasteiger partial charge on any atom is -0.489 e. The SMILES string of the molecule is O=C(NC1(c2ccc(OCc3ccccc3)cc2)CC1)OC1CN2CCC1CC2. The highest BCUT2D eigenvalue weighted by Crippen LogP contribution is 2.46. The van der Waals surface area contributed by atoms with Gasteiger partial charge in [0.25, 0.3) is 0 Å². The van der Waals surface area contributed by atoms with Crippen molar-refractivity contribution in [3.8, 4) is 5.75 Å². The van der Waals surface area contributed by atoms with Gasteiger partial charge in [0.15, 0.2) is 0 Å². The molecule has 2 aromatic carbocycles. The number of rotatable bonds is 6. The molecule has 1 aliphatic carbocycles. The maximum absolute atomic E-state index is 12.6. The van der Waals surface area contributed by atoms with Gasteiger partial charge in [0.2, 0.25) is 0 Å². The van der Waals surface area contributed by atoms with E-state index < -0.39 is 0 Å². The zero-order valence-electron chi connectivity index (χ0n) is 16.7. The standard InChI is InChI=1S/C24H28N2O3/c27-23(29-22-16-26-14-10-19(22)11-15-26)25-24(12-13-24)20-6-8-21(9-7-20)28-17-18-4-2-1-3-5-18/h1-9,19,22H,10-17H2,(H,25,27). The van der Waals surface area contributed by atoms with Crippen molar-refractivity contribution in [2.24, 2.45) is 5.92 Å². The number of ether oxygens (including phenoxy) is 2. The zero-order valence-corrected chi connectivity index (χ0v) is 16.7. The number of alkyl carbamates (subject to hydrolysis) is 1. The van der Waals surface area contributed by atoms with E-state index >= 15 is 0 Å². The Morgan fingerprint density at radius 1 is 1.03 bits per heavy atom. The van der Waals surface area contributed by atoms with Crippen LogP contribution in [0.5, 0.6) is 5.75 Å². The van der Waals surface area contributed by atoms with Crippen LogP contribution in [0, 0.1) is 5.92 Å². The maximum Gasteiger partial charge on any atom is 0.408 e. The number of hydrogen-bond donors (Lipinski definition) is 1. The predicted molar refractivity (Wildman–Crippen MR) is 111 cm³/mol. The van der Waals surface area contributed by atoms with Gasteiger partial charge in [-0.15, -0.1) is 0 Å². The Labute approximate surface area is 172 Å². The highest BCUT2D eigenvalue weighted by atomic mass is 16.6. The molecule has 29 heavy (non-hydrogen) atoms. The fourth-order valence-electron chi connectivity index (χ4n) is 4.63. The smallest absolute Gasteiger partial charge is 0.408 e. The molecule has 5 heteroatoms. The molecule has 1 saturated carbocycles. The molecule has 1 amide bonds. The van der Waals surface area contributed by atoms with Gasteiger partial charge in [0.1, 0.15) is 18.5 Å². The van der Waals surface area contributed by atoms with Crippen LogP contribution < -0.4 is 10.1 Å². The van der Waals surface area contributed by atoms with Crippen molar-refractivity contribution in [1.29, 1.82) is 0 Å². The van der Waals surface area contributed by atoms with Crippen molar-refractivity contribution >= 4 is 6.09 Å². The van der Waals surface area contributed by atoms with Crippen molar-refractivity contribution in [3.63, 3.8) is 0 Å². The predicted octanol–water partition coefficient (Wildman–Crippen LogP) is 4.08. The lowest BCUT2D eigenvalue weighted by Crippen LogP contribution is -2.53. The van der Waals surface area contributed by atoms with E-state index in [9.17, 15) is 4.79 Å². The molecule has 2 bridgehead atoms. The van der Waals surface area contributed by atoms with Crippen molar-refractivity contribution < 1.29 is 14.3 Å². The number of hydrogen-bond acceptors (Lipinski definition) is 4. The second-order valence-corrected chi connectivity index (χ2v) is 8.59. The van der Waals surface area contributed by atoms with Crippen LogP contribution in [0.1, 0.15) is 36.8 Å². The molecule has 0 radical (unpaired) electrons. The number of benzene rings is 2. The summed E-state index contributed by atoms with van der Waals surface area (Å²) in [5.41, 5.74) is 1.99. The molecule has 2 aromatic rings. The summed E-state index contributed by atoms with van der Waals surface area (Å²) >= 11 is 0. The summed E-state index contributed by atoms with van der Waals surface area (Å²) in [6.45, 7) is 3.73. The van der Waals surface area contributed by atoms with Crippen LogP contribution in [0.2, 0.25) is 0 Å². The van der Waals surface area contributed by atoms with Crippen LogP contribution in [0.3, 0.4) is 0 Å². The van der Waals surface area contributed by atoms with E-state index in [0.29, 0.717) is 12.5 Å². The first-order valence-electron chi connectivity index (χ1n) is 10.7. The topological polar surface area (TPSA) is 50.8 Å². The lowest BCUT2D eigenvalue weighted by molar-refractivity contribution is -0.0342. The van der Waals surface area contributed by atoms with Gasteiger partial charge >= 0.3 is 6.09 Å². The Morgan fingerprint density at radius 3 is 2.38 bits per heavy atom. The third-order valence-electron chi connectivity index (χ3n) is 6.60.